The number of benzene rings is 2. The van der Waals surface area contributed by atoms with E-state index >= 15 is 0 Å². The topological polar surface area (TPSA) is 59.2 Å². The third-order valence-corrected chi connectivity index (χ3v) is 4.53. The Kier molecular flexibility index (Phi) is 4.94. The molecule has 1 aromatic heterocycles. The fraction of sp³-hybridized carbons (Fsp3) is 0.167. The molecule has 0 aliphatic heterocycles. The number of hydrogen-bond donors (Lipinski definition) is 0. The van der Waals surface area contributed by atoms with Crippen molar-refractivity contribution in [1.29, 1.82) is 0 Å². The van der Waals surface area contributed by atoms with Crippen LogP contribution in [-0.4, -0.2) is 28.1 Å². The van der Waals surface area contributed by atoms with Gasteiger partial charge < -0.3 is 9.32 Å². The summed E-state index contributed by atoms with van der Waals surface area (Å²) in [5.41, 5.74) is 2.70. The van der Waals surface area contributed by atoms with Crippen molar-refractivity contribution in [2.24, 2.45) is 0 Å². The Bertz CT molecular complexity index is 859. The molecular formula is C18H16IN3O2. The van der Waals surface area contributed by atoms with Crippen LogP contribution < -0.4 is 0 Å². The predicted molar refractivity (Wildman–Crippen MR) is 99.4 cm³/mol. The van der Waals surface area contributed by atoms with E-state index in [2.05, 4.69) is 32.8 Å². The summed E-state index contributed by atoms with van der Waals surface area (Å²) in [6.07, 6.45) is 0. The highest BCUT2D eigenvalue weighted by Gasteiger charge is 2.17. The SMILES string of the molecule is Cc1ccc(-c2nnc(CN(C)C(=O)c3ccccc3I)o2)cc1. The van der Waals surface area contributed by atoms with Gasteiger partial charge in [0.05, 0.1) is 12.1 Å². The maximum absolute atomic E-state index is 12.5. The molecule has 24 heavy (non-hydrogen) atoms. The van der Waals surface area contributed by atoms with E-state index in [1.165, 1.54) is 5.56 Å². The van der Waals surface area contributed by atoms with Gasteiger partial charge in [0.15, 0.2) is 0 Å². The van der Waals surface area contributed by atoms with E-state index in [4.69, 9.17) is 4.42 Å². The van der Waals surface area contributed by atoms with Gasteiger partial charge in [-0.2, -0.15) is 0 Å². The second kappa shape index (κ2) is 7.12. The van der Waals surface area contributed by atoms with Crippen LogP contribution in [0.25, 0.3) is 11.5 Å². The quantitative estimate of drug-likeness (QED) is 0.586. The summed E-state index contributed by atoms with van der Waals surface area (Å²) in [6.45, 7) is 2.29. The van der Waals surface area contributed by atoms with Gasteiger partial charge in [0.25, 0.3) is 5.91 Å². The lowest BCUT2D eigenvalue weighted by molar-refractivity contribution is 0.0772. The molecule has 0 aliphatic carbocycles. The molecule has 3 rings (SSSR count). The lowest BCUT2D eigenvalue weighted by Crippen LogP contribution is -2.27. The Hall–Kier alpha value is -2.22. The maximum atomic E-state index is 12.5. The van der Waals surface area contributed by atoms with Gasteiger partial charge in [-0.15, -0.1) is 10.2 Å². The normalized spacial score (nSPS) is 10.6. The number of rotatable bonds is 4. The van der Waals surface area contributed by atoms with Gasteiger partial charge in [-0.25, -0.2) is 0 Å². The van der Waals surface area contributed by atoms with Crippen LogP contribution in [0, 0.1) is 10.5 Å². The number of amides is 1. The van der Waals surface area contributed by atoms with E-state index in [1.54, 1.807) is 11.9 Å². The number of aromatic nitrogens is 2. The van der Waals surface area contributed by atoms with Crippen LogP contribution >= 0.6 is 22.6 Å². The molecular weight excluding hydrogens is 417 g/mol. The Labute approximate surface area is 153 Å². The molecule has 0 saturated carbocycles. The lowest BCUT2D eigenvalue weighted by Gasteiger charge is -2.15. The predicted octanol–water partition coefficient (Wildman–Crippen LogP) is 3.92. The first-order valence-corrected chi connectivity index (χ1v) is 8.52. The van der Waals surface area contributed by atoms with Gasteiger partial charge in [0, 0.05) is 16.2 Å². The minimum Gasteiger partial charge on any atom is -0.419 e. The van der Waals surface area contributed by atoms with Crippen molar-refractivity contribution in [2.45, 2.75) is 13.5 Å². The molecule has 0 radical (unpaired) electrons. The first-order chi connectivity index (χ1) is 11.5. The molecule has 0 atom stereocenters. The minimum absolute atomic E-state index is 0.0740. The highest BCUT2D eigenvalue weighted by Crippen LogP contribution is 2.19. The zero-order valence-electron chi connectivity index (χ0n) is 13.4. The summed E-state index contributed by atoms with van der Waals surface area (Å²) in [7, 11) is 1.72. The number of halogens is 1. The number of carbonyl (C=O) groups is 1. The van der Waals surface area contributed by atoms with E-state index < -0.39 is 0 Å². The van der Waals surface area contributed by atoms with E-state index in [9.17, 15) is 4.79 Å². The number of aryl methyl sites for hydroxylation is 1. The third kappa shape index (κ3) is 3.64. The second-order valence-electron chi connectivity index (χ2n) is 5.51. The summed E-state index contributed by atoms with van der Waals surface area (Å²) in [6, 6.07) is 15.3. The number of hydrogen-bond acceptors (Lipinski definition) is 4. The summed E-state index contributed by atoms with van der Waals surface area (Å²) in [5.74, 6) is 0.794. The first kappa shape index (κ1) is 16.6. The van der Waals surface area contributed by atoms with E-state index in [0.29, 0.717) is 17.3 Å². The average molecular weight is 433 g/mol. The fourth-order valence-corrected chi connectivity index (χ4v) is 2.86. The molecule has 1 heterocycles. The molecule has 1 amide bonds. The van der Waals surface area contributed by atoms with Crippen molar-refractivity contribution in [1.82, 2.24) is 15.1 Å². The van der Waals surface area contributed by atoms with Gasteiger partial charge in [0.1, 0.15) is 0 Å². The van der Waals surface area contributed by atoms with Gasteiger partial charge >= 0.3 is 0 Å². The molecule has 6 heteroatoms. The smallest absolute Gasteiger partial charge is 0.255 e. The second-order valence-corrected chi connectivity index (χ2v) is 6.67. The van der Waals surface area contributed by atoms with Crippen LogP contribution in [0.5, 0.6) is 0 Å². The minimum atomic E-state index is -0.0740. The molecule has 0 unspecified atom stereocenters. The highest BCUT2D eigenvalue weighted by atomic mass is 127. The summed E-state index contributed by atoms with van der Waals surface area (Å²) < 4.78 is 6.59. The van der Waals surface area contributed by atoms with E-state index in [-0.39, 0.29) is 12.5 Å². The monoisotopic (exact) mass is 433 g/mol. The first-order valence-electron chi connectivity index (χ1n) is 7.44. The molecule has 0 spiro atoms. The van der Waals surface area contributed by atoms with Crippen LogP contribution in [-0.2, 0) is 6.54 Å². The molecule has 0 fully saturated rings. The molecule has 0 saturated heterocycles. The van der Waals surface area contributed by atoms with Crippen LogP contribution in [0.3, 0.4) is 0 Å². The van der Waals surface area contributed by atoms with Crippen molar-refractivity contribution >= 4 is 28.5 Å². The molecule has 0 bridgehead atoms. The van der Waals surface area contributed by atoms with Gasteiger partial charge in [-0.05, 0) is 53.8 Å². The van der Waals surface area contributed by atoms with Crippen LogP contribution in [0.4, 0.5) is 0 Å². The fourth-order valence-electron chi connectivity index (χ4n) is 2.25. The molecule has 3 aromatic rings. The molecule has 0 aliphatic rings. The average Bonchev–Trinajstić information content (AvgIpc) is 3.04. The zero-order valence-corrected chi connectivity index (χ0v) is 15.5. The van der Waals surface area contributed by atoms with Crippen molar-refractivity contribution in [3.8, 4) is 11.5 Å². The van der Waals surface area contributed by atoms with E-state index in [0.717, 1.165) is 9.13 Å². The molecule has 122 valence electrons. The largest absolute Gasteiger partial charge is 0.419 e. The summed E-state index contributed by atoms with van der Waals surface area (Å²) in [5, 5.41) is 8.10. The Morgan fingerprint density at radius 3 is 2.54 bits per heavy atom. The van der Waals surface area contributed by atoms with Gasteiger partial charge in [-0.3, -0.25) is 4.79 Å². The van der Waals surface area contributed by atoms with Crippen LogP contribution in [0.15, 0.2) is 52.9 Å². The van der Waals surface area contributed by atoms with Gasteiger partial charge in [-0.1, -0.05) is 29.8 Å². The Balaban J connectivity index is 1.73. The molecule has 2 aromatic carbocycles. The standard InChI is InChI=1S/C18H16IN3O2/c1-12-7-9-13(10-8-12)17-21-20-16(24-17)11-22(2)18(23)14-5-3-4-6-15(14)19/h3-10H,11H2,1-2H3. The third-order valence-electron chi connectivity index (χ3n) is 3.59. The van der Waals surface area contributed by atoms with Crippen molar-refractivity contribution in [3.05, 3.63) is 69.1 Å². The molecule has 0 N–H and O–H groups in total. The Morgan fingerprint density at radius 2 is 1.83 bits per heavy atom. The Morgan fingerprint density at radius 1 is 1.12 bits per heavy atom. The van der Waals surface area contributed by atoms with Crippen molar-refractivity contribution < 1.29 is 9.21 Å². The van der Waals surface area contributed by atoms with Crippen molar-refractivity contribution in [3.63, 3.8) is 0 Å². The summed E-state index contributed by atoms with van der Waals surface area (Å²) in [4.78, 5) is 14.1. The maximum Gasteiger partial charge on any atom is 0.255 e. The van der Waals surface area contributed by atoms with E-state index in [1.807, 2.05) is 55.5 Å². The lowest BCUT2D eigenvalue weighted by atomic mass is 10.1. The number of nitrogens with zero attached hydrogens (tertiary/aromatic N) is 3. The van der Waals surface area contributed by atoms with Crippen LogP contribution in [0.1, 0.15) is 21.8 Å². The van der Waals surface area contributed by atoms with Crippen molar-refractivity contribution in [2.75, 3.05) is 7.05 Å². The summed E-state index contributed by atoms with van der Waals surface area (Å²) >= 11 is 2.16. The highest BCUT2D eigenvalue weighted by molar-refractivity contribution is 14.1. The number of carbonyl (C=O) groups excluding carboxylic acids is 1. The van der Waals surface area contributed by atoms with Gasteiger partial charge in [0.2, 0.25) is 11.8 Å². The molecule has 5 nitrogen and oxygen atoms in total. The van der Waals surface area contributed by atoms with Crippen LogP contribution in [0.2, 0.25) is 0 Å². The zero-order chi connectivity index (χ0) is 17.1.